The van der Waals surface area contributed by atoms with Gasteiger partial charge in [-0.3, -0.25) is 0 Å². The first kappa shape index (κ1) is 13.4. The summed E-state index contributed by atoms with van der Waals surface area (Å²) in [4.78, 5) is 2.67. The van der Waals surface area contributed by atoms with E-state index in [-0.39, 0.29) is 0 Å². The summed E-state index contributed by atoms with van der Waals surface area (Å²) in [5.41, 5.74) is 1.28. The predicted molar refractivity (Wildman–Crippen MR) is 81.7 cm³/mol. The molecule has 1 aliphatic carbocycles. The molecule has 114 valence electrons. The van der Waals surface area contributed by atoms with Gasteiger partial charge in [0.2, 0.25) is 6.79 Å². The van der Waals surface area contributed by atoms with Gasteiger partial charge in [-0.1, -0.05) is 6.07 Å². The zero-order valence-electron chi connectivity index (χ0n) is 12.7. The van der Waals surface area contributed by atoms with E-state index < -0.39 is 0 Å². The fraction of sp³-hybridized carbons (Fsp3) is 0.647. The van der Waals surface area contributed by atoms with Crippen LogP contribution in [-0.4, -0.2) is 36.9 Å². The quantitative estimate of drug-likeness (QED) is 0.923. The average Bonchev–Trinajstić information content (AvgIpc) is 3.25. The molecule has 4 rings (SSSR count). The highest BCUT2D eigenvalue weighted by molar-refractivity contribution is 5.45. The molecule has 0 spiro atoms. The van der Waals surface area contributed by atoms with Crippen molar-refractivity contribution in [2.45, 2.75) is 50.7 Å². The molecule has 0 aromatic heterocycles. The van der Waals surface area contributed by atoms with E-state index >= 15 is 0 Å². The van der Waals surface area contributed by atoms with E-state index in [4.69, 9.17) is 9.47 Å². The van der Waals surface area contributed by atoms with Crippen molar-refractivity contribution in [2.24, 2.45) is 0 Å². The molecule has 1 unspecified atom stereocenters. The molecule has 2 fully saturated rings. The summed E-state index contributed by atoms with van der Waals surface area (Å²) in [5.74, 6) is 1.74. The third kappa shape index (κ3) is 2.87. The van der Waals surface area contributed by atoms with E-state index in [0.717, 1.165) is 17.5 Å². The van der Waals surface area contributed by atoms with Gasteiger partial charge in [-0.25, -0.2) is 0 Å². The molecule has 2 heterocycles. The molecule has 2 aliphatic heterocycles. The molecule has 1 aromatic carbocycles. The van der Waals surface area contributed by atoms with E-state index in [0.29, 0.717) is 18.9 Å². The number of likely N-dealkylation sites (tertiary alicyclic amines) is 1. The Balaban J connectivity index is 1.34. The van der Waals surface area contributed by atoms with Gasteiger partial charge in [0, 0.05) is 18.1 Å². The number of rotatable bonds is 4. The summed E-state index contributed by atoms with van der Waals surface area (Å²) in [5, 5.41) is 3.78. The van der Waals surface area contributed by atoms with E-state index in [1.807, 2.05) is 6.07 Å². The normalized spacial score (nSPS) is 24.2. The molecule has 0 radical (unpaired) electrons. The summed E-state index contributed by atoms with van der Waals surface area (Å²) in [6.45, 7) is 5.11. The Morgan fingerprint density at radius 1 is 1.10 bits per heavy atom. The van der Waals surface area contributed by atoms with Gasteiger partial charge in [0.05, 0.1) is 0 Å². The third-order valence-electron chi connectivity index (χ3n) is 4.98. The van der Waals surface area contributed by atoms with Crippen LogP contribution in [0, 0.1) is 0 Å². The smallest absolute Gasteiger partial charge is 0.231 e. The summed E-state index contributed by atoms with van der Waals surface area (Å²) in [6.07, 6.45) is 5.38. The van der Waals surface area contributed by atoms with Gasteiger partial charge in [0.1, 0.15) is 0 Å². The molecule has 1 aromatic rings. The van der Waals surface area contributed by atoms with Crippen LogP contribution in [0.5, 0.6) is 11.5 Å². The molecule has 21 heavy (non-hydrogen) atoms. The number of nitrogens with zero attached hydrogens (tertiary/aromatic N) is 1. The van der Waals surface area contributed by atoms with Crippen molar-refractivity contribution in [3.8, 4) is 11.5 Å². The van der Waals surface area contributed by atoms with Crippen molar-refractivity contribution < 1.29 is 9.47 Å². The van der Waals surface area contributed by atoms with E-state index in [1.54, 1.807) is 0 Å². The molecule has 4 nitrogen and oxygen atoms in total. The Morgan fingerprint density at radius 3 is 2.62 bits per heavy atom. The Bertz CT molecular complexity index is 508. The maximum absolute atomic E-state index is 5.47. The van der Waals surface area contributed by atoms with Crippen LogP contribution >= 0.6 is 0 Å². The first-order valence-corrected chi connectivity index (χ1v) is 8.19. The topological polar surface area (TPSA) is 33.7 Å². The van der Waals surface area contributed by atoms with Crippen LogP contribution in [0.3, 0.4) is 0 Å². The third-order valence-corrected chi connectivity index (χ3v) is 4.98. The minimum Gasteiger partial charge on any atom is -0.454 e. The number of fused-ring (bicyclic) bond motifs is 1. The fourth-order valence-electron chi connectivity index (χ4n) is 3.50. The zero-order valence-corrected chi connectivity index (χ0v) is 12.7. The number of nitrogens with one attached hydrogen (secondary N) is 1. The minimum atomic E-state index is 0.347. The molecule has 1 saturated heterocycles. The van der Waals surface area contributed by atoms with Crippen molar-refractivity contribution >= 4 is 0 Å². The summed E-state index contributed by atoms with van der Waals surface area (Å²) >= 11 is 0. The predicted octanol–water partition coefficient (Wildman–Crippen LogP) is 2.69. The van der Waals surface area contributed by atoms with Crippen LogP contribution in [0.2, 0.25) is 0 Å². The molecule has 1 atom stereocenters. The van der Waals surface area contributed by atoms with Crippen LogP contribution < -0.4 is 14.8 Å². The lowest BCUT2D eigenvalue weighted by atomic mass is 10.0. The molecule has 1 saturated carbocycles. The molecular formula is C17H24N2O2. The van der Waals surface area contributed by atoms with Crippen molar-refractivity contribution in [3.63, 3.8) is 0 Å². The highest BCUT2D eigenvalue weighted by Gasteiger charge is 2.32. The monoisotopic (exact) mass is 288 g/mol. The van der Waals surface area contributed by atoms with E-state index in [2.05, 4.69) is 29.3 Å². The van der Waals surface area contributed by atoms with Crippen molar-refractivity contribution in [1.82, 2.24) is 10.2 Å². The summed E-state index contributed by atoms with van der Waals surface area (Å²) in [6, 6.07) is 8.18. The van der Waals surface area contributed by atoms with Crippen molar-refractivity contribution in [1.29, 1.82) is 0 Å². The SMILES string of the molecule is CC(NC1CCN(C2CC2)CC1)c1ccc2c(c1)OCO2. The first-order valence-electron chi connectivity index (χ1n) is 8.19. The zero-order chi connectivity index (χ0) is 14.2. The summed E-state index contributed by atoms with van der Waals surface area (Å²) in [7, 11) is 0. The number of piperidine rings is 1. The standard InChI is InChI=1S/C17H24N2O2/c1-12(13-2-5-16-17(10-13)21-11-20-16)18-14-6-8-19(9-7-14)15-3-4-15/h2,5,10,12,14-15,18H,3-4,6-9,11H2,1H3. The van der Waals surface area contributed by atoms with Crippen LogP contribution in [-0.2, 0) is 0 Å². The van der Waals surface area contributed by atoms with Crippen LogP contribution in [0.25, 0.3) is 0 Å². The number of hydrogen-bond donors (Lipinski definition) is 1. The molecule has 3 aliphatic rings. The minimum absolute atomic E-state index is 0.347. The fourth-order valence-corrected chi connectivity index (χ4v) is 3.50. The lowest BCUT2D eigenvalue weighted by Crippen LogP contribution is -2.44. The Morgan fingerprint density at radius 2 is 1.86 bits per heavy atom. The van der Waals surface area contributed by atoms with Gasteiger partial charge in [0.15, 0.2) is 11.5 Å². The Labute approximate surface area is 126 Å². The summed E-state index contributed by atoms with van der Waals surface area (Å²) < 4.78 is 10.8. The van der Waals surface area contributed by atoms with Gasteiger partial charge < -0.3 is 19.7 Å². The largest absolute Gasteiger partial charge is 0.454 e. The molecular weight excluding hydrogens is 264 g/mol. The average molecular weight is 288 g/mol. The van der Waals surface area contributed by atoms with Crippen LogP contribution in [0.4, 0.5) is 0 Å². The second-order valence-electron chi connectivity index (χ2n) is 6.54. The second-order valence-corrected chi connectivity index (χ2v) is 6.54. The van der Waals surface area contributed by atoms with Crippen molar-refractivity contribution in [3.05, 3.63) is 23.8 Å². The maximum Gasteiger partial charge on any atom is 0.231 e. The number of benzene rings is 1. The number of ether oxygens (including phenoxy) is 2. The van der Waals surface area contributed by atoms with E-state index in [1.165, 1.54) is 44.3 Å². The number of hydrogen-bond acceptors (Lipinski definition) is 4. The molecule has 0 amide bonds. The molecule has 0 bridgehead atoms. The van der Waals surface area contributed by atoms with Crippen LogP contribution in [0.1, 0.15) is 44.2 Å². The molecule has 4 heteroatoms. The maximum atomic E-state index is 5.47. The van der Waals surface area contributed by atoms with Gasteiger partial charge >= 0.3 is 0 Å². The highest BCUT2D eigenvalue weighted by atomic mass is 16.7. The lowest BCUT2D eigenvalue weighted by molar-refractivity contribution is 0.173. The van der Waals surface area contributed by atoms with Gasteiger partial charge in [-0.2, -0.15) is 0 Å². The van der Waals surface area contributed by atoms with Crippen LogP contribution in [0.15, 0.2) is 18.2 Å². The first-order chi connectivity index (χ1) is 10.3. The van der Waals surface area contributed by atoms with Gasteiger partial charge in [-0.05, 0) is 63.4 Å². The Kier molecular flexibility index (Phi) is 3.51. The van der Waals surface area contributed by atoms with E-state index in [9.17, 15) is 0 Å². The lowest BCUT2D eigenvalue weighted by Gasteiger charge is -2.34. The molecule has 1 N–H and O–H groups in total. The van der Waals surface area contributed by atoms with Gasteiger partial charge in [0.25, 0.3) is 0 Å². The Hall–Kier alpha value is -1.26. The van der Waals surface area contributed by atoms with Crippen molar-refractivity contribution in [2.75, 3.05) is 19.9 Å². The second kappa shape index (κ2) is 5.50. The van der Waals surface area contributed by atoms with Gasteiger partial charge in [-0.15, -0.1) is 0 Å². The highest BCUT2D eigenvalue weighted by Crippen LogP contribution is 2.34.